The molecule has 1 aliphatic rings. The zero-order valence-electron chi connectivity index (χ0n) is 15.7. The van der Waals surface area contributed by atoms with E-state index in [2.05, 4.69) is 40.6 Å². The summed E-state index contributed by atoms with van der Waals surface area (Å²) in [6, 6.07) is 12.0. The van der Waals surface area contributed by atoms with Crippen molar-refractivity contribution in [2.24, 2.45) is 5.10 Å². The SMILES string of the molecule is Cc1cc(C)c(NN=C(C#N)c2nc(-c3ccc4c(c3)OCO4)cs2)c(C)c1. The highest BCUT2D eigenvalue weighted by molar-refractivity contribution is 7.12. The molecule has 6 nitrogen and oxygen atoms in total. The van der Waals surface area contributed by atoms with Crippen LogP contribution in [0.5, 0.6) is 11.5 Å². The molecule has 0 atom stereocenters. The smallest absolute Gasteiger partial charge is 0.231 e. The van der Waals surface area contributed by atoms with E-state index >= 15 is 0 Å². The summed E-state index contributed by atoms with van der Waals surface area (Å²) in [5.41, 5.74) is 9.22. The van der Waals surface area contributed by atoms with E-state index in [0.29, 0.717) is 10.8 Å². The molecule has 0 saturated heterocycles. The zero-order chi connectivity index (χ0) is 19.7. The van der Waals surface area contributed by atoms with Crippen LogP contribution in [0.1, 0.15) is 21.7 Å². The summed E-state index contributed by atoms with van der Waals surface area (Å²) in [5.74, 6) is 1.43. The lowest BCUT2D eigenvalue weighted by atomic mass is 10.1. The second-order valence-corrected chi connectivity index (χ2v) is 7.42. The number of fused-ring (bicyclic) bond motifs is 1. The summed E-state index contributed by atoms with van der Waals surface area (Å²) in [5, 5.41) is 16.3. The average molecular weight is 390 g/mol. The first-order valence-electron chi connectivity index (χ1n) is 8.72. The normalized spacial score (nSPS) is 12.7. The van der Waals surface area contributed by atoms with E-state index in [1.165, 1.54) is 16.9 Å². The Balaban J connectivity index is 1.60. The fourth-order valence-electron chi connectivity index (χ4n) is 3.16. The monoisotopic (exact) mass is 390 g/mol. The van der Waals surface area contributed by atoms with Crippen molar-refractivity contribution in [1.29, 1.82) is 5.26 Å². The minimum atomic E-state index is 0.232. The van der Waals surface area contributed by atoms with Gasteiger partial charge in [0.25, 0.3) is 0 Å². The summed E-state index contributed by atoms with van der Waals surface area (Å²) in [7, 11) is 0. The molecule has 0 spiro atoms. The largest absolute Gasteiger partial charge is 0.454 e. The molecule has 28 heavy (non-hydrogen) atoms. The molecular weight excluding hydrogens is 372 g/mol. The lowest BCUT2D eigenvalue weighted by Crippen LogP contribution is -2.03. The average Bonchev–Trinajstić information content (AvgIpc) is 3.32. The van der Waals surface area contributed by atoms with Crippen LogP contribution in [0.15, 0.2) is 40.8 Å². The van der Waals surface area contributed by atoms with Gasteiger partial charge in [-0.1, -0.05) is 17.7 Å². The summed E-state index contributed by atoms with van der Waals surface area (Å²) in [6.45, 7) is 6.33. The molecule has 0 fully saturated rings. The predicted molar refractivity (Wildman–Crippen MR) is 110 cm³/mol. The van der Waals surface area contributed by atoms with Crippen molar-refractivity contribution in [3.05, 3.63) is 57.4 Å². The van der Waals surface area contributed by atoms with E-state index < -0.39 is 0 Å². The first-order valence-corrected chi connectivity index (χ1v) is 9.60. The maximum absolute atomic E-state index is 9.56. The molecule has 2 heterocycles. The number of nitrogens with one attached hydrogen (secondary N) is 1. The van der Waals surface area contributed by atoms with E-state index in [0.717, 1.165) is 33.8 Å². The molecule has 140 valence electrons. The Kier molecular flexibility index (Phi) is 4.72. The van der Waals surface area contributed by atoms with Crippen molar-refractivity contribution >= 4 is 22.7 Å². The van der Waals surface area contributed by atoms with E-state index in [1.807, 2.05) is 37.4 Å². The van der Waals surface area contributed by atoms with Gasteiger partial charge in [0, 0.05) is 10.9 Å². The van der Waals surface area contributed by atoms with Gasteiger partial charge in [-0.25, -0.2) is 4.98 Å². The van der Waals surface area contributed by atoms with Gasteiger partial charge < -0.3 is 9.47 Å². The van der Waals surface area contributed by atoms with Gasteiger partial charge in [0.05, 0.1) is 11.4 Å². The topological polar surface area (TPSA) is 79.5 Å². The van der Waals surface area contributed by atoms with Gasteiger partial charge in [-0.05, 0) is 50.1 Å². The van der Waals surface area contributed by atoms with Gasteiger partial charge in [0.15, 0.2) is 22.2 Å². The molecule has 1 aromatic heterocycles. The van der Waals surface area contributed by atoms with Crippen LogP contribution in [-0.4, -0.2) is 17.5 Å². The molecule has 0 bridgehead atoms. The minimum absolute atomic E-state index is 0.232. The molecule has 4 rings (SSSR count). The number of thiazole rings is 1. The number of benzene rings is 2. The van der Waals surface area contributed by atoms with Crippen LogP contribution in [0.2, 0.25) is 0 Å². The molecule has 7 heteroatoms. The summed E-state index contributed by atoms with van der Waals surface area (Å²) in [4.78, 5) is 4.58. The maximum Gasteiger partial charge on any atom is 0.231 e. The van der Waals surface area contributed by atoms with Gasteiger partial charge in [-0.15, -0.1) is 11.3 Å². The molecule has 1 aliphatic heterocycles. The Bertz CT molecular complexity index is 1100. The van der Waals surface area contributed by atoms with E-state index in [9.17, 15) is 5.26 Å². The van der Waals surface area contributed by atoms with Crippen molar-refractivity contribution in [3.63, 3.8) is 0 Å². The second-order valence-electron chi connectivity index (χ2n) is 6.56. The van der Waals surface area contributed by atoms with Crippen molar-refractivity contribution in [2.75, 3.05) is 12.2 Å². The van der Waals surface area contributed by atoms with Gasteiger partial charge in [0.2, 0.25) is 6.79 Å². The van der Waals surface area contributed by atoms with Gasteiger partial charge >= 0.3 is 0 Å². The summed E-state index contributed by atoms with van der Waals surface area (Å²) >= 11 is 1.38. The number of hydrazone groups is 1. The number of anilines is 1. The van der Waals surface area contributed by atoms with Crippen LogP contribution in [0.25, 0.3) is 11.3 Å². The number of hydrogen-bond acceptors (Lipinski definition) is 7. The number of nitriles is 1. The zero-order valence-corrected chi connectivity index (χ0v) is 16.6. The number of nitrogens with zero attached hydrogens (tertiary/aromatic N) is 3. The highest BCUT2D eigenvalue weighted by atomic mass is 32.1. The molecule has 0 amide bonds. The van der Waals surface area contributed by atoms with Crippen LogP contribution in [0.3, 0.4) is 0 Å². The molecule has 1 N–H and O–H groups in total. The van der Waals surface area contributed by atoms with E-state index in [-0.39, 0.29) is 12.5 Å². The second kappa shape index (κ2) is 7.33. The van der Waals surface area contributed by atoms with Crippen LogP contribution in [0, 0.1) is 32.1 Å². The number of aryl methyl sites for hydroxylation is 3. The third-order valence-electron chi connectivity index (χ3n) is 4.44. The third kappa shape index (κ3) is 3.42. The summed E-state index contributed by atoms with van der Waals surface area (Å²) < 4.78 is 10.8. The Morgan fingerprint density at radius 1 is 1.14 bits per heavy atom. The Morgan fingerprint density at radius 3 is 2.64 bits per heavy atom. The maximum atomic E-state index is 9.56. The molecule has 0 saturated carbocycles. The Hall–Kier alpha value is -3.37. The Morgan fingerprint density at radius 2 is 1.89 bits per heavy atom. The van der Waals surface area contributed by atoms with Crippen LogP contribution in [0.4, 0.5) is 5.69 Å². The molecule has 0 aliphatic carbocycles. The lowest BCUT2D eigenvalue weighted by Gasteiger charge is -2.10. The lowest BCUT2D eigenvalue weighted by molar-refractivity contribution is 0.174. The molecule has 2 aromatic carbocycles. The van der Waals surface area contributed by atoms with Gasteiger partial charge in [-0.3, -0.25) is 5.43 Å². The minimum Gasteiger partial charge on any atom is -0.454 e. The molecular formula is C21H18N4O2S. The number of ether oxygens (including phenoxy) is 2. The van der Waals surface area contributed by atoms with Crippen LogP contribution >= 0.6 is 11.3 Å². The first-order chi connectivity index (χ1) is 13.5. The van der Waals surface area contributed by atoms with Gasteiger partial charge in [0.1, 0.15) is 6.07 Å². The molecule has 0 unspecified atom stereocenters. The standard InChI is InChI=1S/C21H18N4O2S/c1-12-6-13(2)20(14(3)7-12)25-24-16(9-22)21-23-17(10-28-21)15-4-5-18-19(8-15)27-11-26-18/h4-8,10,25H,11H2,1-3H3. The van der Waals surface area contributed by atoms with E-state index in [1.54, 1.807) is 0 Å². The van der Waals surface area contributed by atoms with Crippen molar-refractivity contribution in [3.8, 4) is 28.8 Å². The summed E-state index contributed by atoms with van der Waals surface area (Å²) in [6.07, 6.45) is 0. The van der Waals surface area contributed by atoms with Gasteiger partial charge in [-0.2, -0.15) is 10.4 Å². The number of aromatic nitrogens is 1. The quantitative estimate of drug-likeness (QED) is 0.511. The Labute approximate surface area is 167 Å². The first kappa shape index (κ1) is 18.0. The number of hydrogen-bond donors (Lipinski definition) is 1. The fourth-order valence-corrected chi connectivity index (χ4v) is 3.93. The van der Waals surface area contributed by atoms with Crippen molar-refractivity contribution in [2.45, 2.75) is 20.8 Å². The van der Waals surface area contributed by atoms with Crippen LogP contribution < -0.4 is 14.9 Å². The van der Waals surface area contributed by atoms with Crippen molar-refractivity contribution in [1.82, 2.24) is 4.98 Å². The molecule has 3 aromatic rings. The third-order valence-corrected chi connectivity index (χ3v) is 5.29. The predicted octanol–water partition coefficient (Wildman–Crippen LogP) is 4.80. The molecule has 0 radical (unpaired) electrons. The highest BCUT2D eigenvalue weighted by Gasteiger charge is 2.16. The fraction of sp³-hybridized carbons (Fsp3) is 0.190. The number of rotatable bonds is 4. The van der Waals surface area contributed by atoms with Crippen molar-refractivity contribution < 1.29 is 9.47 Å². The van der Waals surface area contributed by atoms with E-state index in [4.69, 9.17) is 9.47 Å². The highest BCUT2D eigenvalue weighted by Crippen LogP contribution is 2.36. The van der Waals surface area contributed by atoms with Crippen LogP contribution in [-0.2, 0) is 0 Å².